The Morgan fingerprint density at radius 1 is 1.40 bits per heavy atom. The van der Waals surface area contributed by atoms with Gasteiger partial charge in [-0.25, -0.2) is 9.66 Å². The number of hydrogen-bond donors (Lipinski definition) is 1. The molecular weight excluding hydrogens is 406 g/mol. The quantitative estimate of drug-likeness (QED) is 0.703. The van der Waals surface area contributed by atoms with E-state index in [0.29, 0.717) is 11.2 Å². The molecule has 0 unspecified atom stereocenters. The molecule has 0 bridgehead atoms. The highest BCUT2D eigenvalue weighted by molar-refractivity contribution is 9.10. The highest BCUT2D eigenvalue weighted by Crippen LogP contribution is 2.34. The molecule has 1 aliphatic rings. The van der Waals surface area contributed by atoms with E-state index in [1.165, 1.54) is 9.55 Å². The molecule has 0 saturated carbocycles. The van der Waals surface area contributed by atoms with E-state index in [1.54, 1.807) is 29.1 Å². The van der Waals surface area contributed by atoms with Crippen LogP contribution >= 0.6 is 27.3 Å². The maximum atomic E-state index is 12.9. The third-order valence-electron chi connectivity index (χ3n) is 4.48. The number of fused-ring (bicyclic) bond motifs is 3. The van der Waals surface area contributed by atoms with Gasteiger partial charge in [-0.3, -0.25) is 19.7 Å². The summed E-state index contributed by atoms with van der Waals surface area (Å²) < 4.78 is 3.67. The summed E-state index contributed by atoms with van der Waals surface area (Å²) in [6, 6.07) is 0. The Hall–Kier alpha value is -2.00. The first-order valence-electron chi connectivity index (χ1n) is 7.97. The number of amides is 1. The molecule has 3 aromatic rings. The van der Waals surface area contributed by atoms with Gasteiger partial charge in [0.25, 0.3) is 11.5 Å². The molecule has 130 valence electrons. The molecule has 0 aliphatic heterocycles. The van der Waals surface area contributed by atoms with Gasteiger partial charge in [-0.1, -0.05) is 0 Å². The molecule has 7 nitrogen and oxygen atoms in total. The fraction of sp³-hybridized carbons (Fsp3) is 0.375. The van der Waals surface area contributed by atoms with Crippen molar-refractivity contribution in [2.24, 2.45) is 0 Å². The highest BCUT2D eigenvalue weighted by Gasteiger charge is 2.23. The van der Waals surface area contributed by atoms with Gasteiger partial charge in [0.1, 0.15) is 17.2 Å². The minimum Gasteiger partial charge on any atom is -0.271 e. The first kappa shape index (κ1) is 16.5. The van der Waals surface area contributed by atoms with Crippen molar-refractivity contribution in [2.45, 2.75) is 39.7 Å². The van der Waals surface area contributed by atoms with Gasteiger partial charge in [0.15, 0.2) is 0 Å². The predicted octanol–water partition coefficient (Wildman–Crippen LogP) is 2.29. The number of thiophene rings is 1. The number of aromatic nitrogens is 4. The highest BCUT2D eigenvalue weighted by atomic mass is 79.9. The zero-order valence-corrected chi connectivity index (χ0v) is 16.2. The first-order chi connectivity index (χ1) is 12.0. The zero-order valence-electron chi connectivity index (χ0n) is 13.8. The van der Waals surface area contributed by atoms with Gasteiger partial charge < -0.3 is 0 Å². The van der Waals surface area contributed by atoms with Gasteiger partial charge in [0.2, 0.25) is 0 Å². The maximum Gasteiger partial charge on any atom is 0.281 e. The molecule has 0 saturated heterocycles. The largest absolute Gasteiger partial charge is 0.281 e. The van der Waals surface area contributed by atoms with Crippen LogP contribution < -0.4 is 11.0 Å². The van der Waals surface area contributed by atoms with Gasteiger partial charge in [0, 0.05) is 4.88 Å². The molecule has 0 atom stereocenters. The Labute approximate surface area is 155 Å². The third-order valence-corrected chi connectivity index (χ3v) is 6.44. The average Bonchev–Trinajstić information content (AvgIpc) is 3.22. The summed E-state index contributed by atoms with van der Waals surface area (Å²) in [4.78, 5) is 31.8. The smallest absolute Gasteiger partial charge is 0.271 e. The number of nitrogens with zero attached hydrogens (tertiary/aromatic N) is 4. The summed E-state index contributed by atoms with van der Waals surface area (Å²) in [6.07, 6.45) is 4.63. The van der Waals surface area contributed by atoms with Crippen molar-refractivity contribution in [3.63, 3.8) is 0 Å². The number of nitrogens with one attached hydrogen (secondary N) is 1. The van der Waals surface area contributed by atoms with Crippen molar-refractivity contribution in [1.29, 1.82) is 0 Å². The van der Waals surface area contributed by atoms with Crippen LogP contribution in [0.4, 0.5) is 0 Å². The number of halogens is 1. The number of carbonyl (C=O) groups excluding carboxylic acids is 1. The number of rotatable bonds is 3. The van der Waals surface area contributed by atoms with E-state index in [-0.39, 0.29) is 18.0 Å². The predicted molar refractivity (Wildman–Crippen MR) is 99.7 cm³/mol. The lowest BCUT2D eigenvalue weighted by atomic mass is 10.2. The summed E-state index contributed by atoms with van der Waals surface area (Å²) in [6.45, 7) is 3.62. The van der Waals surface area contributed by atoms with Crippen molar-refractivity contribution in [2.75, 3.05) is 5.43 Å². The molecule has 3 heterocycles. The van der Waals surface area contributed by atoms with E-state index in [0.717, 1.165) is 39.8 Å². The van der Waals surface area contributed by atoms with E-state index >= 15 is 0 Å². The monoisotopic (exact) mass is 421 g/mol. The molecule has 0 radical (unpaired) electrons. The Bertz CT molecular complexity index is 1060. The first-order valence-corrected chi connectivity index (χ1v) is 9.58. The molecule has 1 amide bonds. The lowest BCUT2D eigenvalue weighted by molar-refractivity contribution is -0.117. The van der Waals surface area contributed by atoms with E-state index in [2.05, 4.69) is 31.4 Å². The van der Waals surface area contributed by atoms with E-state index in [1.807, 2.05) is 6.92 Å². The Morgan fingerprint density at radius 3 is 2.92 bits per heavy atom. The third kappa shape index (κ3) is 2.71. The second-order valence-corrected chi connectivity index (χ2v) is 8.05. The average molecular weight is 422 g/mol. The SMILES string of the molecule is Cc1c(Br)cnn1CC(=O)Nn1c(C)nc2sc3c(c2c1=O)CCC3. The summed E-state index contributed by atoms with van der Waals surface area (Å²) in [7, 11) is 0. The molecular formula is C16H16BrN5O2S. The summed E-state index contributed by atoms with van der Waals surface area (Å²) in [5.74, 6) is 0.154. The molecule has 0 fully saturated rings. The van der Waals surface area contributed by atoms with Gasteiger partial charge in [-0.2, -0.15) is 5.10 Å². The standard InChI is InChI=1S/C16H16BrN5O2S/c1-8-11(17)6-18-21(8)7-13(23)20-22-9(2)19-15-14(16(22)24)10-4-3-5-12(10)25-15/h6H,3-5,7H2,1-2H3,(H,20,23). The van der Waals surface area contributed by atoms with Crippen LogP contribution in [0.2, 0.25) is 0 Å². The topological polar surface area (TPSA) is 81.8 Å². The van der Waals surface area contributed by atoms with Crippen molar-refractivity contribution in [3.8, 4) is 0 Å². The van der Waals surface area contributed by atoms with Crippen LogP contribution in [0.3, 0.4) is 0 Å². The molecule has 0 spiro atoms. The Morgan fingerprint density at radius 2 is 2.20 bits per heavy atom. The second-order valence-electron chi connectivity index (χ2n) is 6.11. The summed E-state index contributed by atoms with van der Waals surface area (Å²) >= 11 is 4.96. The van der Waals surface area contributed by atoms with Crippen LogP contribution in [0.5, 0.6) is 0 Å². The Kier molecular flexibility index (Phi) is 3.99. The Balaban J connectivity index is 1.68. The van der Waals surface area contributed by atoms with E-state index in [9.17, 15) is 9.59 Å². The summed E-state index contributed by atoms with van der Waals surface area (Å²) in [5.41, 5.74) is 4.42. The molecule has 1 aliphatic carbocycles. The van der Waals surface area contributed by atoms with Crippen LogP contribution in [0.1, 0.15) is 28.4 Å². The number of carbonyl (C=O) groups is 1. The minimum atomic E-state index is -0.322. The molecule has 3 aromatic heterocycles. The van der Waals surface area contributed by atoms with Gasteiger partial charge in [-0.05, 0) is 54.6 Å². The van der Waals surface area contributed by atoms with Crippen LogP contribution in [0, 0.1) is 13.8 Å². The fourth-order valence-electron chi connectivity index (χ4n) is 3.16. The summed E-state index contributed by atoms with van der Waals surface area (Å²) in [5, 5.41) is 4.79. The van der Waals surface area contributed by atoms with Gasteiger partial charge >= 0.3 is 0 Å². The second kappa shape index (κ2) is 6.06. The van der Waals surface area contributed by atoms with Crippen molar-refractivity contribution >= 4 is 43.4 Å². The molecule has 9 heteroatoms. The molecule has 4 rings (SSSR count). The van der Waals surface area contributed by atoms with Crippen LogP contribution in [-0.2, 0) is 24.2 Å². The van der Waals surface area contributed by atoms with Crippen molar-refractivity contribution in [3.05, 3.63) is 43.0 Å². The lowest BCUT2D eigenvalue weighted by Crippen LogP contribution is -2.37. The normalized spacial score (nSPS) is 13.4. The van der Waals surface area contributed by atoms with Crippen LogP contribution in [0.15, 0.2) is 15.5 Å². The van der Waals surface area contributed by atoms with Crippen LogP contribution in [0.25, 0.3) is 10.2 Å². The number of hydrogen-bond acceptors (Lipinski definition) is 5. The minimum absolute atomic E-state index is 0.0308. The van der Waals surface area contributed by atoms with Crippen molar-refractivity contribution < 1.29 is 4.79 Å². The lowest BCUT2D eigenvalue weighted by Gasteiger charge is -2.12. The van der Waals surface area contributed by atoms with Crippen molar-refractivity contribution in [1.82, 2.24) is 19.4 Å². The zero-order chi connectivity index (χ0) is 17.7. The maximum absolute atomic E-state index is 12.9. The molecule has 1 N–H and O–H groups in total. The fourth-order valence-corrected chi connectivity index (χ4v) is 4.75. The molecule has 25 heavy (non-hydrogen) atoms. The van der Waals surface area contributed by atoms with Crippen LogP contribution in [-0.4, -0.2) is 25.3 Å². The van der Waals surface area contributed by atoms with Gasteiger partial charge in [-0.15, -0.1) is 11.3 Å². The van der Waals surface area contributed by atoms with E-state index in [4.69, 9.17) is 0 Å². The molecule has 0 aromatic carbocycles. The van der Waals surface area contributed by atoms with E-state index < -0.39 is 0 Å². The number of aryl methyl sites for hydroxylation is 3. The van der Waals surface area contributed by atoms with Gasteiger partial charge in [0.05, 0.1) is 21.7 Å².